The molecule has 3 rings (SSSR count). The fraction of sp³-hybridized carbons (Fsp3) is 0.500. The summed E-state index contributed by atoms with van der Waals surface area (Å²) in [7, 11) is 0. The molecule has 1 amide bonds. The maximum absolute atomic E-state index is 11.3. The molecule has 3 N–H and O–H groups in total. The highest BCUT2D eigenvalue weighted by atomic mass is 16.7. The zero-order valence-electron chi connectivity index (χ0n) is 19.4. The van der Waals surface area contributed by atoms with Gasteiger partial charge in [-0.15, -0.1) is 0 Å². The monoisotopic (exact) mass is 441 g/mol. The van der Waals surface area contributed by atoms with Crippen molar-refractivity contribution < 1.29 is 24.5 Å². The Morgan fingerprint density at radius 1 is 1.16 bits per heavy atom. The van der Waals surface area contributed by atoms with Crippen molar-refractivity contribution in [3.05, 3.63) is 53.6 Å². The molecule has 6 heteroatoms. The molecule has 174 valence electrons. The molecule has 2 aromatic rings. The average molecular weight is 442 g/mol. The lowest BCUT2D eigenvalue weighted by atomic mass is 9.88. The van der Waals surface area contributed by atoms with Gasteiger partial charge in [0.2, 0.25) is 12.2 Å². The first-order valence-electron chi connectivity index (χ1n) is 11.4. The second-order valence-corrected chi connectivity index (χ2v) is 8.71. The van der Waals surface area contributed by atoms with Crippen molar-refractivity contribution in [1.29, 1.82) is 0 Å². The third kappa shape index (κ3) is 5.88. The van der Waals surface area contributed by atoms with Crippen LogP contribution in [-0.4, -0.2) is 47.3 Å². The summed E-state index contributed by atoms with van der Waals surface area (Å²) >= 11 is 0. The van der Waals surface area contributed by atoms with Crippen LogP contribution in [0.2, 0.25) is 0 Å². The second kappa shape index (κ2) is 10.9. The Morgan fingerprint density at radius 3 is 2.62 bits per heavy atom. The molecule has 1 fully saturated rings. The van der Waals surface area contributed by atoms with Crippen molar-refractivity contribution in [2.24, 2.45) is 5.92 Å². The van der Waals surface area contributed by atoms with Gasteiger partial charge in [0.15, 0.2) is 0 Å². The molecule has 1 saturated heterocycles. The molecule has 0 aromatic heterocycles. The van der Waals surface area contributed by atoms with E-state index in [-0.39, 0.29) is 17.9 Å². The topological polar surface area (TPSA) is 88.0 Å². The molecule has 1 heterocycles. The van der Waals surface area contributed by atoms with Crippen molar-refractivity contribution in [2.75, 3.05) is 6.54 Å². The first-order chi connectivity index (χ1) is 15.3. The standard InChI is InChI=1S/C26H35NO5/c1-5-7-23-17(3)24(29)25(30)26(32-23)31-21-11-10-19(12-13-27-18(4)28)22(15-21)20-9-6-8-16(2)14-20/h6,8-11,14-15,17,23-26,29-30H,5,7,12-13H2,1-4H3,(H,27,28)/t17-,23+,24+,25+,26+/m0/s1. The number of hydrogen-bond acceptors (Lipinski definition) is 5. The number of ether oxygens (including phenoxy) is 2. The van der Waals surface area contributed by atoms with Crippen LogP contribution in [-0.2, 0) is 16.0 Å². The smallest absolute Gasteiger partial charge is 0.228 e. The number of aliphatic hydroxyl groups is 2. The molecular formula is C26H35NO5. The van der Waals surface area contributed by atoms with Crippen molar-refractivity contribution >= 4 is 5.91 Å². The summed E-state index contributed by atoms with van der Waals surface area (Å²) in [6.45, 7) is 8.06. The summed E-state index contributed by atoms with van der Waals surface area (Å²) in [6, 6.07) is 14.0. The van der Waals surface area contributed by atoms with E-state index in [4.69, 9.17) is 9.47 Å². The number of carbonyl (C=O) groups is 1. The first kappa shape index (κ1) is 24.2. The van der Waals surface area contributed by atoms with E-state index < -0.39 is 18.5 Å². The predicted octanol–water partition coefficient (Wildman–Crippen LogP) is 3.60. The molecule has 0 unspecified atom stereocenters. The summed E-state index contributed by atoms with van der Waals surface area (Å²) in [5.41, 5.74) is 4.28. The normalized spacial score (nSPS) is 25.4. The number of rotatable bonds is 8. The van der Waals surface area contributed by atoms with E-state index in [9.17, 15) is 15.0 Å². The molecule has 32 heavy (non-hydrogen) atoms. The summed E-state index contributed by atoms with van der Waals surface area (Å²) in [5.74, 6) is 0.342. The van der Waals surface area contributed by atoms with Crippen LogP contribution in [0.25, 0.3) is 11.1 Å². The minimum atomic E-state index is -1.13. The van der Waals surface area contributed by atoms with Crippen LogP contribution in [0, 0.1) is 12.8 Å². The van der Waals surface area contributed by atoms with Gasteiger partial charge in [0.25, 0.3) is 0 Å². The van der Waals surface area contributed by atoms with Crippen LogP contribution < -0.4 is 10.1 Å². The van der Waals surface area contributed by atoms with E-state index >= 15 is 0 Å². The van der Waals surface area contributed by atoms with Gasteiger partial charge >= 0.3 is 0 Å². The van der Waals surface area contributed by atoms with Crippen molar-refractivity contribution in [1.82, 2.24) is 5.32 Å². The van der Waals surface area contributed by atoms with E-state index in [1.54, 1.807) is 0 Å². The minimum Gasteiger partial charge on any atom is -0.462 e. The van der Waals surface area contributed by atoms with E-state index in [0.717, 1.165) is 35.1 Å². The number of amides is 1. The van der Waals surface area contributed by atoms with Gasteiger partial charge in [0.05, 0.1) is 12.2 Å². The Hall–Kier alpha value is -2.41. The molecule has 2 aromatic carbocycles. The fourth-order valence-electron chi connectivity index (χ4n) is 4.22. The van der Waals surface area contributed by atoms with Gasteiger partial charge in [-0.25, -0.2) is 0 Å². The average Bonchev–Trinajstić information content (AvgIpc) is 2.76. The number of aryl methyl sites for hydroxylation is 1. The zero-order valence-corrected chi connectivity index (χ0v) is 19.4. The summed E-state index contributed by atoms with van der Waals surface area (Å²) in [5, 5.41) is 23.9. The molecule has 6 nitrogen and oxygen atoms in total. The number of benzene rings is 2. The van der Waals surface area contributed by atoms with Crippen LogP contribution in [0.3, 0.4) is 0 Å². The van der Waals surface area contributed by atoms with E-state index in [2.05, 4.69) is 18.3 Å². The lowest BCUT2D eigenvalue weighted by molar-refractivity contribution is -0.256. The summed E-state index contributed by atoms with van der Waals surface area (Å²) < 4.78 is 12.1. The molecule has 0 bridgehead atoms. The number of hydrogen-bond donors (Lipinski definition) is 3. The number of nitrogens with one attached hydrogen (secondary N) is 1. The Morgan fingerprint density at radius 2 is 1.94 bits per heavy atom. The maximum atomic E-state index is 11.3. The molecule has 0 aliphatic carbocycles. The lowest BCUT2D eigenvalue weighted by Gasteiger charge is -2.41. The predicted molar refractivity (Wildman–Crippen MR) is 124 cm³/mol. The molecule has 0 spiro atoms. The minimum absolute atomic E-state index is 0.0556. The van der Waals surface area contributed by atoms with Gasteiger partial charge in [-0.05, 0) is 48.6 Å². The number of carbonyl (C=O) groups excluding carboxylic acids is 1. The van der Waals surface area contributed by atoms with E-state index in [1.807, 2.05) is 50.2 Å². The highest BCUT2D eigenvalue weighted by molar-refractivity contribution is 5.73. The van der Waals surface area contributed by atoms with Gasteiger partial charge in [-0.3, -0.25) is 4.79 Å². The third-order valence-corrected chi connectivity index (χ3v) is 6.07. The van der Waals surface area contributed by atoms with Crippen LogP contribution in [0.4, 0.5) is 0 Å². The number of aliphatic hydroxyl groups excluding tert-OH is 2. The highest BCUT2D eigenvalue weighted by Crippen LogP contribution is 2.33. The Kier molecular flexibility index (Phi) is 8.29. The second-order valence-electron chi connectivity index (χ2n) is 8.71. The van der Waals surface area contributed by atoms with Crippen LogP contribution >= 0.6 is 0 Å². The van der Waals surface area contributed by atoms with Crippen LogP contribution in [0.5, 0.6) is 5.75 Å². The largest absolute Gasteiger partial charge is 0.462 e. The van der Waals surface area contributed by atoms with E-state index in [0.29, 0.717) is 18.7 Å². The van der Waals surface area contributed by atoms with Gasteiger partial charge in [-0.2, -0.15) is 0 Å². The Bertz CT molecular complexity index is 915. The fourth-order valence-corrected chi connectivity index (χ4v) is 4.22. The van der Waals surface area contributed by atoms with Gasteiger partial charge in [0.1, 0.15) is 11.9 Å². The molecule has 5 atom stereocenters. The quantitative estimate of drug-likeness (QED) is 0.583. The lowest BCUT2D eigenvalue weighted by Crippen LogP contribution is -2.55. The van der Waals surface area contributed by atoms with Crippen molar-refractivity contribution in [3.63, 3.8) is 0 Å². The zero-order chi connectivity index (χ0) is 23.3. The highest BCUT2D eigenvalue weighted by Gasteiger charge is 2.43. The first-order valence-corrected chi connectivity index (χ1v) is 11.4. The summed E-state index contributed by atoms with van der Waals surface area (Å²) in [6.07, 6.45) is -0.740. The van der Waals surface area contributed by atoms with Crippen LogP contribution in [0.15, 0.2) is 42.5 Å². The third-order valence-electron chi connectivity index (χ3n) is 6.07. The van der Waals surface area contributed by atoms with E-state index in [1.165, 1.54) is 6.92 Å². The van der Waals surface area contributed by atoms with Gasteiger partial charge < -0.3 is 25.0 Å². The molecular weight excluding hydrogens is 406 g/mol. The van der Waals surface area contributed by atoms with Gasteiger partial charge in [0, 0.05) is 19.4 Å². The Labute approximate surface area is 190 Å². The summed E-state index contributed by atoms with van der Waals surface area (Å²) in [4.78, 5) is 11.3. The SMILES string of the molecule is CCC[C@H]1O[C@@H](Oc2ccc(CCNC(C)=O)c(-c3cccc(C)c3)c2)[C@H](O)[C@H](O)[C@H]1C. The van der Waals surface area contributed by atoms with Crippen molar-refractivity contribution in [2.45, 2.75) is 71.6 Å². The van der Waals surface area contributed by atoms with Crippen molar-refractivity contribution in [3.8, 4) is 16.9 Å². The maximum Gasteiger partial charge on any atom is 0.228 e. The molecule has 1 aliphatic rings. The van der Waals surface area contributed by atoms with Crippen LogP contribution in [0.1, 0.15) is 44.7 Å². The molecule has 0 radical (unpaired) electrons. The molecule has 0 saturated carbocycles. The Balaban J connectivity index is 1.86. The molecule has 1 aliphatic heterocycles. The van der Waals surface area contributed by atoms with Gasteiger partial charge in [-0.1, -0.05) is 56.2 Å².